The van der Waals surface area contributed by atoms with Gasteiger partial charge in [0, 0.05) is 19.2 Å². The highest BCUT2D eigenvalue weighted by Crippen LogP contribution is 2.18. The van der Waals surface area contributed by atoms with E-state index < -0.39 is 0 Å². The van der Waals surface area contributed by atoms with E-state index in [1.165, 1.54) is 0 Å². The highest BCUT2D eigenvalue weighted by Gasteiger charge is 2.08. The largest absolute Gasteiger partial charge is 0.482 e. The fourth-order valence-electron chi connectivity index (χ4n) is 1.63. The zero-order chi connectivity index (χ0) is 13.7. The van der Waals surface area contributed by atoms with Crippen molar-refractivity contribution in [3.8, 4) is 5.75 Å². The van der Waals surface area contributed by atoms with Crippen molar-refractivity contribution in [3.05, 3.63) is 35.3 Å². The van der Waals surface area contributed by atoms with Crippen molar-refractivity contribution in [2.45, 2.75) is 33.9 Å². The summed E-state index contributed by atoms with van der Waals surface area (Å²) in [6.07, 6.45) is 0. The molecule has 0 fully saturated rings. The van der Waals surface area contributed by atoms with Crippen LogP contribution in [0.1, 0.15) is 30.1 Å². The molecule has 0 atom stereocenters. The Morgan fingerprint density at radius 3 is 2.79 bits per heavy atom. The Labute approximate surface area is 112 Å². The van der Waals surface area contributed by atoms with E-state index in [1.807, 2.05) is 19.1 Å². The molecule has 2 rings (SSSR count). The number of hydrogen-bond donors (Lipinski definition) is 1. The van der Waals surface area contributed by atoms with Crippen molar-refractivity contribution in [2.24, 2.45) is 0 Å². The zero-order valence-electron chi connectivity index (χ0n) is 11.4. The SMILES string of the molecule is CCNCc1nc(C)ccc1OCc1nnc(C)o1. The Hall–Kier alpha value is -1.95. The standard InChI is InChI=1S/C13H18N4O2/c1-4-14-7-11-12(6-5-9(2)15-11)18-8-13-17-16-10(3)19-13/h5-6,14H,4,7-8H2,1-3H3. The van der Waals surface area contributed by atoms with Crippen molar-refractivity contribution in [2.75, 3.05) is 6.54 Å². The van der Waals surface area contributed by atoms with Crippen LogP contribution in [0, 0.1) is 13.8 Å². The molecule has 6 nitrogen and oxygen atoms in total. The molecular weight excluding hydrogens is 244 g/mol. The van der Waals surface area contributed by atoms with Crippen LogP contribution in [0.25, 0.3) is 0 Å². The van der Waals surface area contributed by atoms with Crippen molar-refractivity contribution in [1.29, 1.82) is 0 Å². The van der Waals surface area contributed by atoms with Crippen LogP contribution >= 0.6 is 0 Å². The first-order chi connectivity index (χ1) is 9.19. The van der Waals surface area contributed by atoms with Gasteiger partial charge in [-0.05, 0) is 25.6 Å². The van der Waals surface area contributed by atoms with Gasteiger partial charge in [-0.1, -0.05) is 6.92 Å². The lowest BCUT2D eigenvalue weighted by atomic mass is 10.3. The fourth-order valence-corrected chi connectivity index (χ4v) is 1.63. The monoisotopic (exact) mass is 262 g/mol. The molecule has 0 aliphatic rings. The minimum atomic E-state index is 0.255. The summed E-state index contributed by atoms with van der Waals surface area (Å²) in [5, 5.41) is 10.9. The summed E-state index contributed by atoms with van der Waals surface area (Å²) in [6, 6.07) is 3.84. The molecule has 102 valence electrons. The average molecular weight is 262 g/mol. The topological polar surface area (TPSA) is 73.1 Å². The van der Waals surface area contributed by atoms with Crippen LogP contribution < -0.4 is 10.1 Å². The van der Waals surface area contributed by atoms with Gasteiger partial charge in [0.1, 0.15) is 5.75 Å². The van der Waals surface area contributed by atoms with Gasteiger partial charge in [0.2, 0.25) is 5.89 Å². The summed E-state index contributed by atoms with van der Waals surface area (Å²) in [7, 11) is 0. The third kappa shape index (κ3) is 3.75. The molecule has 2 aromatic heterocycles. The number of rotatable bonds is 6. The second-order valence-electron chi connectivity index (χ2n) is 4.18. The van der Waals surface area contributed by atoms with E-state index in [4.69, 9.17) is 9.15 Å². The number of aryl methyl sites for hydroxylation is 2. The summed E-state index contributed by atoms with van der Waals surface area (Å²) in [5.41, 5.74) is 1.85. The molecule has 0 saturated carbocycles. The van der Waals surface area contributed by atoms with Gasteiger partial charge in [-0.3, -0.25) is 4.98 Å². The second-order valence-corrected chi connectivity index (χ2v) is 4.18. The van der Waals surface area contributed by atoms with E-state index in [0.29, 0.717) is 18.3 Å². The maximum atomic E-state index is 5.69. The highest BCUT2D eigenvalue weighted by atomic mass is 16.5. The van der Waals surface area contributed by atoms with Crippen LogP contribution in [0.4, 0.5) is 0 Å². The van der Waals surface area contributed by atoms with Gasteiger partial charge in [-0.2, -0.15) is 0 Å². The van der Waals surface area contributed by atoms with E-state index in [-0.39, 0.29) is 6.61 Å². The third-order valence-corrected chi connectivity index (χ3v) is 2.53. The fraction of sp³-hybridized carbons (Fsp3) is 0.462. The van der Waals surface area contributed by atoms with Gasteiger partial charge in [-0.25, -0.2) is 0 Å². The molecule has 0 amide bonds. The Morgan fingerprint density at radius 1 is 1.26 bits per heavy atom. The summed E-state index contributed by atoms with van der Waals surface area (Å²) in [5.74, 6) is 1.74. The van der Waals surface area contributed by atoms with Crippen LogP contribution in [-0.4, -0.2) is 21.7 Å². The molecule has 0 saturated heterocycles. The number of hydrogen-bond acceptors (Lipinski definition) is 6. The predicted molar refractivity (Wildman–Crippen MR) is 69.7 cm³/mol. The number of nitrogens with zero attached hydrogens (tertiary/aromatic N) is 3. The Morgan fingerprint density at radius 2 is 2.11 bits per heavy atom. The molecule has 2 aromatic rings. The molecule has 0 radical (unpaired) electrons. The second kappa shape index (κ2) is 6.29. The summed E-state index contributed by atoms with van der Waals surface area (Å²) in [4.78, 5) is 4.47. The summed E-state index contributed by atoms with van der Waals surface area (Å²) in [6.45, 7) is 7.58. The van der Waals surface area contributed by atoms with Crippen molar-refractivity contribution < 1.29 is 9.15 Å². The summed E-state index contributed by atoms with van der Waals surface area (Å²) >= 11 is 0. The van der Waals surface area contributed by atoms with Crippen LogP contribution in [0.15, 0.2) is 16.5 Å². The van der Waals surface area contributed by atoms with Gasteiger partial charge in [0.05, 0.1) is 5.69 Å². The first-order valence-electron chi connectivity index (χ1n) is 6.28. The van der Waals surface area contributed by atoms with Gasteiger partial charge in [0.15, 0.2) is 6.61 Å². The van der Waals surface area contributed by atoms with Gasteiger partial charge in [0.25, 0.3) is 5.89 Å². The van der Waals surface area contributed by atoms with E-state index in [1.54, 1.807) is 6.92 Å². The number of nitrogens with one attached hydrogen (secondary N) is 1. The lowest BCUT2D eigenvalue weighted by Crippen LogP contribution is -2.14. The van der Waals surface area contributed by atoms with Crippen LogP contribution in [-0.2, 0) is 13.2 Å². The number of pyridine rings is 1. The lowest BCUT2D eigenvalue weighted by molar-refractivity contribution is 0.256. The molecule has 1 N–H and O–H groups in total. The molecule has 0 bridgehead atoms. The molecule has 6 heteroatoms. The first-order valence-corrected chi connectivity index (χ1v) is 6.28. The van der Waals surface area contributed by atoms with Crippen molar-refractivity contribution >= 4 is 0 Å². The Bertz CT molecular complexity index is 539. The smallest absolute Gasteiger partial charge is 0.253 e. The van der Waals surface area contributed by atoms with Crippen LogP contribution in [0.5, 0.6) is 5.75 Å². The van der Waals surface area contributed by atoms with Gasteiger partial charge >= 0.3 is 0 Å². The minimum absolute atomic E-state index is 0.255. The zero-order valence-corrected chi connectivity index (χ0v) is 11.4. The van der Waals surface area contributed by atoms with E-state index >= 15 is 0 Å². The van der Waals surface area contributed by atoms with Crippen molar-refractivity contribution in [1.82, 2.24) is 20.5 Å². The quantitative estimate of drug-likeness (QED) is 0.855. The van der Waals surface area contributed by atoms with E-state index in [2.05, 4.69) is 27.4 Å². The maximum Gasteiger partial charge on any atom is 0.253 e. The van der Waals surface area contributed by atoms with Crippen LogP contribution in [0.3, 0.4) is 0 Å². The molecule has 0 unspecified atom stereocenters. The molecular formula is C13H18N4O2. The maximum absolute atomic E-state index is 5.69. The molecule has 0 spiro atoms. The normalized spacial score (nSPS) is 10.7. The molecule has 19 heavy (non-hydrogen) atoms. The minimum Gasteiger partial charge on any atom is -0.482 e. The lowest BCUT2D eigenvalue weighted by Gasteiger charge is -2.10. The van der Waals surface area contributed by atoms with E-state index in [9.17, 15) is 0 Å². The van der Waals surface area contributed by atoms with Crippen LogP contribution in [0.2, 0.25) is 0 Å². The molecule has 0 aliphatic carbocycles. The number of aromatic nitrogens is 3. The highest BCUT2D eigenvalue weighted by molar-refractivity contribution is 5.29. The van der Waals surface area contributed by atoms with E-state index in [0.717, 1.165) is 23.7 Å². The van der Waals surface area contributed by atoms with Gasteiger partial charge < -0.3 is 14.5 Å². The predicted octanol–water partition coefficient (Wildman–Crippen LogP) is 1.77. The number of ether oxygens (including phenoxy) is 1. The molecule has 0 aromatic carbocycles. The summed E-state index contributed by atoms with van der Waals surface area (Å²) < 4.78 is 11.0. The Kier molecular flexibility index (Phi) is 4.46. The average Bonchev–Trinajstić information content (AvgIpc) is 2.81. The van der Waals surface area contributed by atoms with Crippen molar-refractivity contribution in [3.63, 3.8) is 0 Å². The van der Waals surface area contributed by atoms with Gasteiger partial charge in [-0.15, -0.1) is 10.2 Å². The Balaban J connectivity index is 2.05. The first kappa shape index (κ1) is 13.5. The third-order valence-electron chi connectivity index (χ3n) is 2.53. The molecule has 0 aliphatic heterocycles. The molecule has 2 heterocycles.